The van der Waals surface area contributed by atoms with Crippen molar-refractivity contribution in [3.05, 3.63) is 178 Å². The molecule has 18 aliphatic rings. The number of likely N-dealkylation sites (tertiary alicyclic amines) is 6. The molecule has 7 amide bonds. The van der Waals surface area contributed by atoms with E-state index >= 15 is 0 Å². The first-order valence-corrected chi connectivity index (χ1v) is 48.8. The minimum absolute atomic E-state index is 0.0454. The Bertz CT molecular complexity index is 4180. The molecule has 4 unspecified atom stereocenters. The second-order valence-electron chi connectivity index (χ2n) is 40.7. The van der Waals surface area contributed by atoms with Crippen molar-refractivity contribution in [2.75, 3.05) is 151 Å². The summed E-state index contributed by atoms with van der Waals surface area (Å²) in [6.45, 7) is 21.9. The number of rotatable bonds is 23. The van der Waals surface area contributed by atoms with Gasteiger partial charge in [-0.2, -0.15) is 4.65 Å². The van der Waals surface area contributed by atoms with Crippen molar-refractivity contribution in [3.63, 3.8) is 0 Å². The highest BCUT2D eigenvalue weighted by molar-refractivity contribution is 5.84. The molecule has 0 spiro atoms. The molecule has 4 saturated carbocycles. The number of nitrogens with one attached hydrogen (secondary N) is 5. The van der Waals surface area contributed by atoms with Crippen LogP contribution in [0.4, 0.5) is 31.5 Å². The minimum Gasteiger partial charge on any atom is -0.352 e. The number of quaternary nitrogens is 1. The van der Waals surface area contributed by atoms with Crippen molar-refractivity contribution in [2.45, 2.75) is 235 Å². The molecule has 14 saturated heterocycles. The molecule has 9 atom stereocenters. The lowest BCUT2D eigenvalue weighted by Crippen LogP contribution is -2.63. The van der Waals surface area contributed by atoms with Crippen molar-refractivity contribution in [1.29, 1.82) is 0 Å². The van der Waals surface area contributed by atoms with E-state index in [1.165, 1.54) is 148 Å². The third-order valence-corrected chi connectivity index (χ3v) is 32.3. The average molecular weight is 1740 g/mol. The number of carbonyl (C=O) groups excluding carboxylic acids is 5. The van der Waals surface area contributed by atoms with E-state index in [2.05, 4.69) is 60.9 Å². The van der Waals surface area contributed by atoms with E-state index in [1.807, 2.05) is 65.6 Å². The smallest absolute Gasteiger partial charge is 0.318 e. The zero-order chi connectivity index (χ0) is 87.2. The van der Waals surface area contributed by atoms with Gasteiger partial charge in [-0.15, -0.1) is 0 Å². The van der Waals surface area contributed by atoms with E-state index in [4.69, 9.17) is 0 Å². The summed E-state index contributed by atoms with van der Waals surface area (Å²) in [6, 6.07) is 36.4. The number of hydrogen-bond donors (Lipinski definition) is 6. The van der Waals surface area contributed by atoms with Crippen LogP contribution >= 0.6 is 0 Å². The van der Waals surface area contributed by atoms with Crippen molar-refractivity contribution in [2.24, 2.45) is 34.0 Å². The molecule has 6 N–H and O–H groups in total. The molecule has 686 valence electrons. The summed E-state index contributed by atoms with van der Waals surface area (Å²) in [6.07, 6.45) is 32.2. The van der Waals surface area contributed by atoms with Crippen LogP contribution in [0.25, 0.3) is 0 Å². The summed E-state index contributed by atoms with van der Waals surface area (Å²) >= 11 is 0. The molecule has 20 nitrogen and oxygen atoms in total. The van der Waals surface area contributed by atoms with E-state index < -0.39 is 0 Å². The standard InChI is InChI=1S/C21H29FN2O.C20H28FN3O2.3C20H28FN3O/c22-18-3-1-16(2-4-18)8-13-24-14-9-19(15-24)23-20(25)21-10-5-17(6-11-21)7-12-21;21-17-3-1-16(2-4-17)5-10-23-11-6-18(15-23)22-19(25)20-7-12-24(26,13-8-20)14-9-20;21-17-3-1-16(2-4-17)5-10-24-11-6-18(15-24)22-19(25)20-7-12-23(13-8-20)14-9-20;21-18-5-3-15(4-6-18)7-9-23-10-8-19(14-23)22-20(25)24-12-16-1-2-17(11-16)13-24;21-16-6-4-15(5-7-16)10-12-23-13-11-17(14-23)22-20(25)24-18-2-1-3-19(24)9-8-18/h1-4,17,19H,5-15H2,(H,23,25);1-4,18,26H,5-15H2;1-4,18H,5-15H2,(H,22,25);3-6,16-17,19H,1-2,7-14H2,(H,22,25);4-7,17-19H,1-3,8-14H2,(H,22,25)/p+1/t17?,19-,21?;18-,20?,24?;18-;16?,17?,19-;17-,18?,19?/m00000/s1. The summed E-state index contributed by atoms with van der Waals surface area (Å²) in [5, 5.41) is 26.8. The number of benzene rings is 5. The van der Waals surface area contributed by atoms with Crippen LogP contribution in [0.3, 0.4) is 0 Å². The molecule has 14 aliphatic heterocycles. The number of fused-ring (bicyclic) bond motifs is 13. The second kappa shape index (κ2) is 42.5. The topological polar surface area (TPSA) is 192 Å². The summed E-state index contributed by atoms with van der Waals surface area (Å²) in [7, 11) is 0. The largest absolute Gasteiger partial charge is 0.352 e. The number of urea groups is 2. The third-order valence-electron chi connectivity index (χ3n) is 32.3. The number of halogens is 5. The predicted molar refractivity (Wildman–Crippen MR) is 480 cm³/mol. The van der Waals surface area contributed by atoms with Crippen LogP contribution in [0.15, 0.2) is 121 Å². The fourth-order valence-corrected chi connectivity index (χ4v) is 23.9. The van der Waals surface area contributed by atoms with Crippen molar-refractivity contribution in [1.82, 2.24) is 65.8 Å². The van der Waals surface area contributed by atoms with Gasteiger partial charge in [-0.05, 0) is 299 Å². The second-order valence-corrected chi connectivity index (χ2v) is 40.7. The third kappa shape index (κ3) is 24.5. The van der Waals surface area contributed by atoms with Gasteiger partial charge in [-0.25, -0.2) is 36.7 Å². The number of piperidine rings is 8. The first-order chi connectivity index (χ1) is 61.1. The summed E-state index contributed by atoms with van der Waals surface area (Å²) in [5.41, 5.74) is 5.44. The lowest BCUT2D eigenvalue weighted by molar-refractivity contribution is -1.11. The van der Waals surface area contributed by atoms with Gasteiger partial charge in [0.15, 0.2) is 0 Å². The zero-order valence-electron chi connectivity index (χ0n) is 74.7. The fraction of sp³-hybridized carbons (Fsp3) is 0.653. The Morgan fingerprint density at radius 3 is 0.921 bits per heavy atom. The van der Waals surface area contributed by atoms with Crippen LogP contribution < -0.4 is 26.6 Å². The maximum Gasteiger partial charge on any atom is 0.318 e. The number of nitrogens with zero attached hydrogens (tertiary/aromatic N) is 9. The van der Waals surface area contributed by atoms with E-state index in [-0.39, 0.29) is 92.1 Å². The molecule has 126 heavy (non-hydrogen) atoms. The van der Waals surface area contributed by atoms with Gasteiger partial charge in [-0.3, -0.25) is 14.4 Å². The highest BCUT2D eigenvalue weighted by Gasteiger charge is 2.54. The maximum absolute atomic E-state index is 13.0. The van der Waals surface area contributed by atoms with Crippen LogP contribution in [-0.4, -0.2) is 272 Å². The number of hydrogen-bond acceptors (Lipinski definition) is 12. The molecule has 5 aromatic rings. The molecule has 14 heterocycles. The van der Waals surface area contributed by atoms with Crippen LogP contribution in [0.1, 0.15) is 188 Å². The molecule has 0 radical (unpaired) electrons. The Hall–Kier alpha value is -7.62. The van der Waals surface area contributed by atoms with Crippen LogP contribution in [-0.2, 0) is 46.5 Å². The van der Waals surface area contributed by atoms with Gasteiger partial charge in [-0.1, -0.05) is 60.7 Å². The monoisotopic (exact) mass is 1740 g/mol. The van der Waals surface area contributed by atoms with Gasteiger partial charge in [0.25, 0.3) is 0 Å². The highest BCUT2D eigenvalue weighted by atomic mass is 19.1. The zero-order valence-corrected chi connectivity index (χ0v) is 74.7. The van der Waals surface area contributed by atoms with Gasteiger partial charge in [0.1, 0.15) is 48.7 Å². The first kappa shape index (κ1) is 91.7. The van der Waals surface area contributed by atoms with Gasteiger partial charge < -0.3 is 65.8 Å². The summed E-state index contributed by atoms with van der Waals surface area (Å²) in [5.74, 6) is 2.29. The first-order valence-electron chi connectivity index (χ1n) is 48.8. The van der Waals surface area contributed by atoms with E-state index in [1.54, 1.807) is 0 Å². The van der Waals surface area contributed by atoms with Gasteiger partial charge >= 0.3 is 12.1 Å². The van der Waals surface area contributed by atoms with Crippen LogP contribution in [0.2, 0.25) is 0 Å². The molecule has 5 aromatic carbocycles. The Labute approximate surface area is 745 Å². The van der Waals surface area contributed by atoms with Crippen molar-refractivity contribution >= 4 is 29.8 Å². The lowest BCUT2D eigenvalue weighted by atomic mass is 9.60. The van der Waals surface area contributed by atoms with Crippen molar-refractivity contribution < 1.29 is 55.8 Å². The van der Waals surface area contributed by atoms with Gasteiger partial charge in [0, 0.05) is 178 Å². The van der Waals surface area contributed by atoms with E-state index in [9.17, 15) is 51.1 Å². The summed E-state index contributed by atoms with van der Waals surface area (Å²) in [4.78, 5) is 82.6. The number of hydroxylamine groups is 3. The molecule has 10 bridgehead atoms. The molecule has 4 aliphatic carbocycles. The predicted octanol–water partition coefficient (Wildman–Crippen LogP) is 13.6. The Kier molecular flexibility index (Phi) is 30.9. The highest BCUT2D eigenvalue weighted by Crippen LogP contribution is 2.51. The van der Waals surface area contributed by atoms with Crippen LogP contribution in [0.5, 0.6) is 0 Å². The Morgan fingerprint density at radius 2 is 0.603 bits per heavy atom. The average Bonchev–Trinajstić information content (AvgIpc) is 1.61. The molecule has 23 rings (SSSR count). The van der Waals surface area contributed by atoms with Crippen LogP contribution in [0, 0.1) is 63.1 Å². The van der Waals surface area contributed by atoms with Crippen molar-refractivity contribution in [3.8, 4) is 0 Å². The normalized spacial score (nSPS) is 31.3. The maximum atomic E-state index is 13.0. The molecular formula is C101H142F5N14O6+. The minimum atomic E-state index is -0.246. The molecule has 0 aromatic heterocycles. The Morgan fingerprint density at radius 1 is 0.317 bits per heavy atom. The molecule has 25 heteroatoms. The Balaban J connectivity index is 0.000000116. The van der Waals surface area contributed by atoms with Gasteiger partial charge in [0.05, 0.1) is 10.8 Å². The summed E-state index contributed by atoms with van der Waals surface area (Å²) < 4.78 is 65.0. The number of amides is 7. The van der Waals surface area contributed by atoms with E-state index in [0.717, 1.165) is 282 Å². The fourth-order valence-electron chi connectivity index (χ4n) is 23.9. The van der Waals surface area contributed by atoms with Gasteiger partial charge in [0.2, 0.25) is 17.7 Å². The quantitative estimate of drug-likeness (QED) is 0.0268. The molecular weight excluding hydrogens is 1600 g/mol. The van der Waals surface area contributed by atoms with E-state index in [0.29, 0.717) is 49.6 Å². The number of carbonyl (C=O) groups is 5. The molecule has 18 fully saturated rings. The lowest BCUT2D eigenvalue weighted by Gasteiger charge is -2.49. The SMILES string of the molecule is O=C(N[C@H]1CCN(CCc2ccc(F)cc2)C1)C12CCC(CC1)CC2.O=C(N[C@H]1CCN(CCc2ccc(F)cc2)C1)C12CCN(CC1)CC2.O=C(N[C@H]1CCN(CCc2ccc(F)cc2)C1)C12CC[N+](O)(CC1)CC2.O=C(N[C@H]1CCN(CCc2ccc(F)cc2)C1)N1C2CCCC1CC2.O=C(N[C@H]1CCN(CCc2ccc(F)cc2)C1)N1CC2CCC(C2)C1.